The molecule has 0 atom stereocenters. The van der Waals surface area contributed by atoms with Gasteiger partial charge in [0.25, 0.3) is 5.91 Å². The molecule has 5 heteroatoms. The molecule has 0 heterocycles. The van der Waals surface area contributed by atoms with E-state index in [1.54, 1.807) is 0 Å². The molecule has 104 valence electrons. The number of aromatic hydroxyl groups is 2. The number of phenolic OH excluding ortho intramolecular Hbond substituents is 1. The topological polar surface area (TPSA) is 101 Å². The van der Waals surface area contributed by atoms with Gasteiger partial charge in [-0.15, -0.1) is 0 Å². The Hall–Kier alpha value is -2.04. The van der Waals surface area contributed by atoms with Crippen molar-refractivity contribution in [1.29, 1.82) is 0 Å². The summed E-state index contributed by atoms with van der Waals surface area (Å²) in [6, 6.07) is 2.56. The number of rotatable bonds is 7. The molecule has 0 aliphatic rings. The number of primary amides is 1. The molecule has 0 aliphatic carbocycles. The van der Waals surface area contributed by atoms with E-state index >= 15 is 0 Å². The van der Waals surface area contributed by atoms with Crippen LogP contribution in [0.5, 0.6) is 11.5 Å². The number of Topliss-reactive ketones (excluding diaryl/α,β-unsaturated/α-hetero) is 1. The van der Waals surface area contributed by atoms with Gasteiger partial charge in [0.15, 0.2) is 17.3 Å². The van der Waals surface area contributed by atoms with E-state index in [9.17, 15) is 19.8 Å². The number of benzene rings is 1. The van der Waals surface area contributed by atoms with Gasteiger partial charge < -0.3 is 15.9 Å². The van der Waals surface area contributed by atoms with Crippen LogP contribution >= 0.6 is 0 Å². The van der Waals surface area contributed by atoms with Crippen molar-refractivity contribution in [2.75, 3.05) is 0 Å². The quantitative estimate of drug-likeness (QED) is 0.400. The van der Waals surface area contributed by atoms with E-state index in [2.05, 4.69) is 6.92 Å². The Morgan fingerprint density at radius 2 is 1.63 bits per heavy atom. The third kappa shape index (κ3) is 3.71. The maximum absolute atomic E-state index is 11.9. The van der Waals surface area contributed by atoms with Crippen LogP contribution < -0.4 is 5.73 Å². The van der Waals surface area contributed by atoms with Crippen molar-refractivity contribution < 1.29 is 19.8 Å². The van der Waals surface area contributed by atoms with Crippen LogP contribution in [0.25, 0.3) is 0 Å². The van der Waals surface area contributed by atoms with Gasteiger partial charge in [0, 0.05) is 6.42 Å². The fourth-order valence-corrected chi connectivity index (χ4v) is 1.85. The number of nitrogens with two attached hydrogens (primary N) is 1. The molecule has 1 aromatic rings. The zero-order chi connectivity index (χ0) is 14.4. The summed E-state index contributed by atoms with van der Waals surface area (Å²) in [5.74, 6) is -2.31. The van der Waals surface area contributed by atoms with Crippen molar-refractivity contribution in [3.05, 3.63) is 23.3 Å². The zero-order valence-corrected chi connectivity index (χ0v) is 11.0. The first-order valence-corrected chi connectivity index (χ1v) is 6.37. The van der Waals surface area contributed by atoms with E-state index in [4.69, 9.17) is 5.73 Å². The Balaban J connectivity index is 2.81. The molecular weight excluding hydrogens is 246 g/mol. The Kier molecular flexibility index (Phi) is 5.36. The van der Waals surface area contributed by atoms with Crippen LogP contribution in [-0.4, -0.2) is 21.9 Å². The normalized spacial score (nSPS) is 10.4. The smallest absolute Gasteiger partial charge is 0.252 e. The van der Waals surface area contributed by atoms with Gasteiger partial charge in [0.05, 0.1) is 11.1 Å². The molecule has 1 amide bonds. The molecule has 0 radical (unpaired) electrons. The van der Waals surface area contributed by atoms with Crippen molar-refractivity contribution >= 4 is 11.7 Å². The highest BCUT2D eigenvalue weighted by Crippen LogP contribution is 2.33. The Morgan fingerprint density at radius 3 is 2.21 bits per heavy atom. The average Bonchev–Trinajstić information content (AvgIpc) is 2.37. The average molecular weight is 265 g/mol. The maximum Gasteiger partial charge on any atom is 0.252 e. The summed E-state index contributed by atoms with van der Waals surface area (Å²) >= 11 is 0. The number of amides is 1. The van der Waals surface area contributed by atoms with Crippen LogP contribution in [0.4, 0.5) is 0 Å². The number of ketones is 1. The highest BCUT2D eigenvalue weighted by Gasteiger charge is 2.19. The first-order valence-electron chi connectivity index (χ1n) is 6.37. The molecule has 5 nitrogen and oxygen atoms in total. The molecule has 19 heavy (non-hydrogen) atoms. The van der Waals surface area contributed by atoms with Gasteiger partial charge in [-0.1, -0.05) is 26.2 Å². The fourth-order valence-electron chi connectivity index (χ4n) is 1.85. The van der Waals surface area contributed by atoms with Crippen LogP contribution in [0.2, 0.25) is 0 Å². The lowest BCUT2D eigenvalue weighted by Gasteiger charge is -2.08. The molecule has 0 unspecified atom stereocenters. The third-order valence-corrected chi connectivity index (χ3v) is 2.97. The Bertz CT molecular complexity index is 483. The van der Waals surface area contributed by atoms with Crippen molar-refractivity contribution in [2.45, 2.75) is 39.0 Å². The molecular formula is C14H19NO4. The van der Waals surface area contributed by atoms with Crippen LogP contribution in [-0.2, 0) is 0 Å². The van der Waals surface area contributed by atoms with Crippen LogP contribution in [0.1, 0.15) is 59.7 Å². The molecule has 1 aromatic carbocycles. The predicted octanol–water partition coefficient (Wildman–Crippen LogP) is 2.35. The molecule has 0 saturated heterocycles. The van der Waals surface area contributed by atoms with Crippen molar-refractivity contribution in [2.24, 2.45) is 5.73 Å². The van der Waals surface area contributed by atoms with E-state index in [1.165, 1.54) is 12.1 Å². The summed E-state index contributed by atoms with van der Waals surface area (Å²) in [5, 5.41) is 19.3. The molecule has 0 aliphatic heterocycles. The predicted molar refractivity (Wildman–Crippen MR) is 71.4 cm³/mol. The minimum absolute atomic E-state index is 0.0269. The summed E-state index contributed by atoms with van der Waals surface area (Å²) in [6.07, 6.45) is 4.14. The lowest BCUT2D eigenvalue weighted by atomic mass is 10.0. The molecule has 0 saturated carbocycles. The maximum atomic E-state index is 11.9. The van der Waals surface area contributed by atoms with Crippen molar-refractivity contribution in [3.63, 3.8) is 0 Å². The van der Waals surface area contributed by atoms with Gasteiger partial charge in [0.2, 0.25) is 0 Å². The molecule has 0 bridgehead atoms. The summed E-state index contributed by atoms with van der Waals surface area (Å²) in [4.78, 5) is 22.8. The van der Waals surface area contributed by atoms with Crippen LogP contribution in [0, 0.1) is 0 Å². The van der Waals surface area contributed by atoms with Crippen LogP contribution in [0.3, 0.4) is 0 Å². The minimum Gasteiger partial charge on any atom is -0.504 e. The number of unbranched alkanes of at least 4 members (excludes halogenated alkanes) is 3. The lowest BCUT2D eigenvalue weighted by Crippen LogP contribution is -2.12. The van der Waals surface area contributed by atoms with Gasteiger partial charge in [0.1, 0.15) is 0 Å². The van der Waals surface area contributed by atoms with Gasteiger partial charge >= 0.3 is 0 Å². The first-order chi connectivity index (χ1) is 8.99. The van der Waals surface area contributed by atoms with Crippen LogP contribution in [0.15, 0.2) is 12.1 Å². The molecule has 0 aromatic heterocycles. The summed E-state index contributed by atoms with van der Waals surface area (Å²) < 4.78 is 0. The highest BCUT2D eigenvalue weighted by molar-refractivity contribution is 6.03. The summed E-state index contributed by atoms with van der Waals surface area (Å²) in [7, 11) is 0. The Labute approximate surface area is 112 Å². The molecule has 0 spiro atoms. The monoisotopic (exact) mass is 265 g/mol. The van der Waals surface area contributed by atoms with Crippen molar-refractivity contribution in [3.8, 4) is 11.5 Å². The van der Waals surface area contributed by atoms with Gasteiger partial charge in [-0.25, -0.2) is 0 Å². The standard InChI is InChI=1S/C14H19NO4/c1-2-3-4-5-6-11(16)9-7-8-10(14(15)19)13(18)12(9)17/h7-8,17-18H,2-6H2,1H3,(H2,15,19). The van der Waals surface area contributed by atoms with Gasteiger partial charge in [-0.05, 0) is 18.6 Å². The number of hydrogen-bond donors (Lipinski definition) is 3. The molecule has 1 rings (SSSR count). The largest absolute Gasteiger partial charge is 0.504 e. The third-order valence-electron chi connectivity index (χ3n) is 2.97. The second kappa shape index (κ2) is 6.78. The van der Waals surface area contributed by atoms with E-state index in [0.29, 0.717) is 6.42 Å². The first kappa shape index (κ1) is 15.0. The van der Waals surface area contributed by atoms with Crippen molar-refractivity contribution in [1.82, 2.24) is 0 Å². The number of phenols is 2. The Morgan fingerprint density at radius 1 is 1.05 bits per heavy atom. The van der Waals surface area contributed by atoms with E-state index in [1.807, 2.05) is 0 Å². The SMILES string of the molecule is CCCCCCC(=O)c1ccc(C(N)=O)c(O)c1O. The summed E-state index contributed by atoms with van der Waals surface area (Å²) in [6.45, 7) is 2.08. The number of carbonyl (C=O) groups is 2. The van der Waals surface area contributed by atoms with E-state index < -0.39 is 17.4 Å². The molecule has 4 N–H and O–H groups in total. The highest BCUT2D eigenvalue weighted by atomic mass is 16.3. The van der Waals surface area contributed by atoms with E-state index in [0.717, 1.165) is 25.7 Å². The fraction of sp³-hybridized carbons (Fsp3) is 0.429. The lowest BCUT2D eigenvalue weighted by molar-refractivity contribution is 0.0968. The number of carbonyl (C=O) groups excluding carboxylic acids is 2. The molecule has 0 fully saturated rings. The second-order valence-corrected chi connectivity index (χ2v) is 4.46. The second-order valence-electron chi connectivity index (χ2n) is 4.46. The summed E-state index contributed by atoms with van der Waals surface area (Å²) in [5.41, 5.74) is 4.86. The number of hydrogen-bond acceptors (Lipinski definition) is 4. The minimum atomic E-state index is -0.852. The zero-order valence-electron chi connectivity index (χ0n) is 11.0. The van der Waals surface area contributed by atoms with E-state index in [-0.39, 0.29) is 16.9 Å². The van der Waals surface area contributed by atoms with Gasteiger partial charge in [-0.2, -0.15) is 0 Å². The van der Waals surface area contributed by atoms with Gasteiger partial charge in [-0.3, -0.25) is 9.59 Å².